The van der Waals surface area contributed by atoms with Gasteiger partial charge in [0.2, 0.25) is 0 Å². The van der Waals surface area contributed by atoms with Crippen LogP contribution in [0.3, 0.4) is 0 Å². The Morgan fingerprint density at radius 3 is 2.65 bits per heavy atom. The third-order valence-electron chi connectivity index (χ3n) is 3.13. The molecular formula is C15H16ClNO4S2. The fraction of sp³-hybridized carbons (Fsp3) is 0.267. The number of hydrogen-bond donors (Lipinski definition) is 0. The molecule has 1 aromatic heterocycles. The highest BCUT2D eigenvalue weighted by Crippen LogP contribution is 2.32. The third-order valence-corrected chi connectivity index (χ3v) is 6.67. The van der Waals surface area contributed by atoms with Crippen LogP contribution in [0, 0.1) is 6.92 Å². The Labute approximate surface area is 144 Å². The first-order valence-electron chi connectivity index (χ1n) is 6.85. The van der Waals surface area contributed by atoms with Gasteiger partial charge in [-0.2, -0.15) is 0 Å². The molecule has 1 aromatic carbocycles. The minimum atomic E-state index is -3.87. The molecule has 8 heteroatoms. The van der Waals surface area contributed by atoms with Crippen LogP contribution in [-0.4, -0.2) is 27.5 Å². The van der Waals surface area contributed by atoms with Crippen LogP contribution in [0.15, 0.2) is 39.9 Å². The van der Waals surface area contributed by atoms with Crippen molar-refractivity contribution in [3.8, 4) is 0 Å². The van der Waals surface area contributed by atoms with Gasteiger partial charge in [0.25, 0.3) is 10.0 Å². The van der Waals surface area contributed by atoms with Gasteiger partial charge in [-0.25, -0.2) is 8.42 Å². The van der Waals surface area contributed by atoms with Crippen molar-refractivity contribution in [3.05, 3.63) is 46.3 Å². The van der Waals surface area contributed by atoms with Crippen molar-refractivity contribution in [2.75, 3.05) is 17.5 Å². The van der Waals surface area contributed by atoms with E-state index >= 15 is 0 Å². The molecule has 0 spiro atoms. The standard InChI is InChI=1S/C15H16ClNO4S2/c1-3-21-14(18)10-17(13-7-4-6-12(16)11(13)2)23(19,20)15-8-5-9-22-15/h4-9H,3,10H2,1-2H3. The maximum atomic E-state index is 12.9. The number of carbonyl (C=O) groups excluding carboxylic acids is 1. The number of carbonyl (C=O) groups is 1. The number of hydrogen-bond acceptors (Lipinski definition) is 5. The summed E-state index contributed by atoms with van der Waals surface area (Å²) < 4.78 is 31.9. The van der Waals surface area contributed by atoms with E-state index in [-0.39, 0.29) is 10.8 Å². The van der Waals surface area contributed by atoms with Gasteiger partial charge in [0.15, 0.2) is 0 Å². The molecule has 1 heterocycles. The molecule has 124 valence electrons. The SMILES string of the molecule is CCOC(=O)CN(c1cccc(Cl)c1C)S(=O)(=O)c1cccs1. The van der Waals surface area contributed by atoms with Gasteiger partial charge in [0.1, 0.15) is 10.8 Å². The van der Waals surface area contributed by atoms with Crippen LogP contribution in [0.25, 0.3) is 0 Å². The lowest BCUT2D eigenvalue weighted by molar-refractivity contribution is -0.141. The average Bonchev–Trinajstić information content (AvgIpc) is 3.03. The highest BCUT2D eigenvalue weighted by Gasteiger charge is 2.29. The van der Waals surface area contributed by atoms with E-state index in [0.717, 1.165) is 15.6 Å². The summed E-state index contributed by atoms with van der Waals surface area (Å²) in [7, 11) is -3.87. The van der Waals surface area contributed by atoms with Crippen molar-refractivity contribution >= 4 is 44.6 Å². The minimum Gasteiger partial charge on any atom is -0.465 e. The molecule has 23 heavy (non-hydrogen) atoms. The van der Waals surface area contributed by atoms with Crippen LogP contribution < -0.4 is 4.31 Å². The second kappa shape index (κ2) is 7.33. The Bertz CT molecular complexity index is 788. The molecule has 0 aliphatic heterocycles. The van der Waals surface area contributed by atoms with Crippen LogP contribution in [-0.2, 0) is 19.6 Å². The Morgan fingerprint density at radius 1 is 1.30 bits per heavy atom. The maximum absolute atomic E-state index is 12.9. The average molecular weight is 374 g/mol. The summed E-state index contributed by atoms with van der Waals surface area (Å²) in [6.45, 7) is 3.15. The molecule has 0 N–H and O–H groups in total. The van der Waals surface area contributed by atoms with Gasteiger partial charge in [-0.05, 0) is 43.0 Å². The van der Waals surface area contributed by atoms with Crippen LogP contribution in [0.4, 0.5) is 5.69 Å². The van der Waals surface area contributed by atoms with E-state index < -0.39 is 22.5 Å². The number of rotatable bonds is 6. The molecule has 0 unspecified atom stereocenters. The number of sulfonamides is 1. The predicted octanol–water partition coefficient (Wildman–Crippen LogP) is 3.47. The lowest BCUT2D eigenvalue weighted by atomic mass is 10.2. The van der Waals surface area contributed by atoms with E-state index in [1.165, 1.54) is 6.07 Å². The van der Waals surface area contributed by atoms with Gasteiger partial charge in [-0.1, -0.05) is 23.7 Å². The quantitative estimate of drug-likeness (QED) is 0.727. The van der Waals surface area contributed by atoms with E-state index in [1.807, 2.05) is 0 Å². The third kappa shape index (κ3) is 3.85. The monoisotopic (exact) mass is 373 g/mol. The van der Waals surface area contributed by atoms with E-state index in [9.17, 15) is 13.2 Å². The van der Waals surface area contributed by atoms with Gasteiger partial charge in [0.05, 0.1) is 12.3 Å². The minimum absolute atomic E-state index is 0.154. The largest absolute Gasteiger partial charge is 0.465 e. The molecule has 0 aliphatic rings. The van der Waals surface area contributed by atoms with Crippen molar-refractivity contribution < 1.29 is 17.9 Å². The summed E-state index contributed by atoms with van der Waals surface area (Å²) in [6.07, 6.45) is 0. The van der Waals surface area contributed by atoms with Crippen molar-refractivity contribution in [2.24, 2.45) is 0 Å². The van der Waals surface area contributed by atoms with E-state index in [1.54, 1.807) is 43.5 Å². The van der Waals surface area contributed by atoms with Gasteiger partial charge in [-0.15, -0.1) is 11.3 Å². The van der Waals surface area contributed by atoms with E-state index in [4.69, 9.17) is 16.3 Å². The smallest absolute Gasteiger partial charge is 0.326 e. The summed E-state index contributed by atoms with van der Waals surface area (Å²) in [4.78, 5) is 11.9. The zero-order valence-corrected chi connectivity index (χ0v) is 15.0. The van der Waals surface area contributed by atoms with Crippen molar-refractivity contribution in [1.82, 2.24) is 0 Å². The molecule has 0 fully saturated rings. The summed E-state index contributed by atoms with van der Waals surface area (Å²) in [5, 5.41) is 2.10. The number of ether oxygens (including phenoxy) is 1. The molecule has 5 nitrogen and oxygen atoms in total. The molecule has 0 amide bonds. The fourth-order valence-electron chi connectivity index (χ4n) is 2.01. The second-order valence-corrected chi connectivity index (χ2v) is 8.08. The van der Waals surface area contributed by atoms with Gasteiger partial charge < -0.3 is 4.74 Å². The highest BCUT2D eigenvalue weighted by atomic mass is 35.5. The van der Waals surface area contributed by atoms with Crippen LogP contribution in [0.5, 0.6) is 0 Å². The summed E-state index contributed by atoms with van der Waals surface area (Å²) in [5.41, 5.74) is 0.942. The van der Waals surface area contributed by atoms with Gasteiger partial charge in [0, 0.05) is 5.02 Å². The zero-order valence-electron chi connectivity index (χ0n) is 12.7. The first-order chi connectivity index (χ1) is 10.9. The number of esters is 1. The maximum Gasteiger partial charge on any atom is 0.326 e. The number of halogens is 1. The first kappa shape index (κ1) is 17.8. The molecular weight excluding hydrogens is 358 g/mol. The van der Waals surface area contributed by atoms with E-state index in [0.29, 0.717) is 16.3 Å². The number of benzene rings is 1. The molecule has 0 saturated carbocycles. The Kier molecular flexibility index (Phi) is 5.67. The van der Waals surface area contributed by atoms with Crippen molar-refractivity contribution in [3.63, 3.8) is 0 Å². The molecule has 0 radical (unpaired) electrons. The predicted molar refractivity (Wildman–Crippen MR) is 91.7 cm³/mol. The van der Waals surface area contributed by atoms with Crippen LogP contribution >= 0.6 is 22.9 Å². The zero-order chi connectivity index (χ0) is 17.0. The molecule has 0 aliphatic carbocycles. The topological polar surface area (TPSA) is 63.7 Å². The first-order valence-corrected chi connectivity index (χ1v) is 9.54. The lowest BCUT2D eigenvalue weighted by Crippen LogP contribution is -2.36. The number of thiophene rings is 1. The van der Waals surface area contributed by atoms with Crippen LogP contribution in [0.2, 0.25) is 5.02 Å². The van der Waals surface area contributed by atoms with Gasteiger partial charge >= 0.3 is 5.97 Å². The molecule has 0 saturated heterocycles. The van der Waals surface area contributed by atoms with E-state index in [2.05, 4.69) is 0 Å². The Balaban J connectivity index is 2.52. The summed E-state index contributed by atoms with van der Waals surface area (Å²) in [5.74, 6) is -0.619. The highest BCUT2D eigenvalue weighted by molar-refractivity contribution is 7.94. The molecule has 0 bridgehead atoms. The second-order valence-electron chi connectivity index (χ2n) is 4.63. The molecule has 2 aromatic rings. The van der Waals surface area contributed by atoms with Crippen molar-refractivity contribution in [1.29, 1.82) is 0 Å². The van der Waals surface area contributed by atoms with Gasteiger partial charge in [-0.3, -0.25) is 9.10 Å². The fourth-order valence-corrected chi connectivity index (χ4v) is 4.75. The number of anilines is 1. The number of nitrogens with zero attached hydrogens (tertiary/aromatic N) is 1. The lowest BCUT2D eigenvalue weighted by Gasteiger charge is -2.24. The van der Waals surface area contributed by atoms with Crippen molar-refractivity contribution in [2.45, 2.75) is 18.1 Å². The summed E-state index contributed by atoms with van der Waals surface area (Å²) in [6, 6.07) is 8.07. The normalized spacial score (nSPS) is 11.3. The molecule has 0 atom stereocenters. The Hall–Kier alpha value is -1.57. The molecule has 2 rings (SSSR count). The Morgan fingerprint density at radius 2 is 2.04 bits per heavy atom. The summed E-state index contributed by atoms with van der Waals surface area (Å²) >= 11 is 7.18. The van der Waals surface area contributed by atoms with Crippen LogP contribution in [0.1, 0.15) is 12.5 Å².